The van der Waals surface area contributed by atoms with E-state index >= 15 is 0 Å². The van der Waals surface area contributed by atoms with Gasteiger partial charge in [0.15, 0.2) is 5.82 Å². The van der Waals surface area contributed by atoms with Crippen LogP contribution in [0, 0.1) is 21.0 Å². The molecular weight excluding hydrogens is 520 g/mol. The predicted octanol–water partition coefficient (Wildman–Crippen LogP) is 6.68. The van der Waals surface area contributed by atoms with E-state index in [1.807, 2.05) is 22.6 Å². The Balaban J connectivity index is 1.89. The standard InChI is InChI=1S/C19H13BrF3IN2/c1-9-12(20)8-26(11-3-4-11)19-15(23)7-14(22)18(17(9)19)25-16-5-2-10(24)6-13(16)21/h2,5-8,11,25H,1,3-4H2. The van der Waals surface area contributed by atoms with Crippen LogP contribution in [0.5, 0.6) is 0 Å². The first-order chi connectivity index (χ1) is 12.4. The van der Waals surface area contributed by atoms with Crippen LogP contribution in [-0.4, -0.2) is 6.04 Å². The third-order valence-electron chi connectivity index (χ3n) is 4.44. The minimum Gasteiger partial charge on any atom is -0.350 e. The number of hydrogen-bond acceptors (Lipinski definition) is 2. The maximum Gasteiger partial charge on any atom is 0.150 e. The molecule has 4 rings (SSSR count). The van der Waals surface area contributed by atoms with Crippen molar-refractivity contribution >= 4 is 61.2 Å². The molecule has 0 aromatic heterocycles. The van der Waals surface area contributed by atoms with Crippen molar-refractivity contribution in [2.45, 2.75) is 18.9 Å². The van der Waals surface area contributed by atoms with E-state index in [4.69, 9.17) is 0 Å². The fourth-order valence-corrected chi connectivity index (χ4v) is 3.90. The molecule has 0 bridgehead atoms. The van der Waals surface area contributed by atoms with E-state index in [9.17, 15) is 13.2 Å². The number of benzene rings is 2. The van der Waals surface area contributed by atoms with Crippen molar-refractivity contribution in [2.24, 2.45) is 0 Å². The Morgan fingerprint density at radius 3 is 2.50 bits per heavy atom. The van der Waals surface area contributed by atoms with Crippen molar-refractivity contribution < 1.29 is 13.2 Å². The molecule has 0 spiro atoms. The Bertz CT molecular complexity index is 970. The lowest BCUT2D eigenvalue weighted by Crippen LogP contribution is -2.25. The third-order valence-corrected chi connectivity index (χ3v) is 5.79. The number of halogens is 5. The van der Waals surface area contributed by atoms with Crippen molar-refractivity contribution in [3.05, 3.63) is 68.1 Å². The van der Waals surface area contributed by atoms with Crippen LogP contribution in [0.3, 0.4) is 0 Å². The topological polar surface area (TPSA) is 15.3 Å². The molecule has 0 saturated heterocycles. The first-order valence-corrected chi connectivity index (χ1v) is 9.83. The number of nitrogens with one attached hydrogen (secondary N) is 1. The quantitative estimate of drug-likeness (QED) is 0.443. The molecule has 2 aromatic carbocycles. The molecule has 7 heteroatoms. The molecule has 1 aliphatic heterocycles. The smallest absolute Gasteiger partial charge is 0.150 e. The molecule has 0 amide bonds. The molecule has 1 N–H and O–H groups in total. The van der Waals surface area contributed by atoms with Crippen molar-refractivity contribution in [1.82, 2.24) is 0 Å². The summed E-state index contributed by atoms with van der Waals surface area (Å²) in [6.45, 7) is 3.96. The zero-order valence-electron chi connectivity index (χ0n) is 13.4. The molecule has 134 valence electrons. The van der Waals surface area contributed by atoms with Gasteiger partial charge < -0.3 is 10.2 Å². The first-order valence-electron chi connectivity index (χ1n) is 7.96. The van der Waals surface area contributed by atoms with Crippen molar-refractivity contribution in [3.63, 3.8) is 0 Å². The van der Waals surface area contributed by atoms with Crippen molar-refractivity contribution in [1.29, 1.82) is 0 Å². The zero-order chi connectivity index (χ0) is 18.6. The van der Waals surface area contributed by atoms with Crippen LogP contribution in [0.4, 0.5) is 30.2 Å². The van der Waals surface area contributed by atoms with Gasteiger partial charge in [0.2, 0.25) is 0 Å². The summed E-state index contributed by atoms with van der Waals surface area (Å²) >= 11 is 5.42. The third kappa shape index (κ3) is 3.05. The summed E-state index contributed by atoms with van der Waals surface area (Å²) in [6, 6.07) is 5.60. The minimum absolute atomic E-state index is 0.0159. The van der Waals surface area contributed by atoms with Crippen LogP contribution < -0.4 is 10.2 Å². The fourth-order valence-electron chi connectivity index (χ4n) is 3.03. The van der Waals surface area contributed by atoms with Gasteiger partial charge in [-0.15, -0.1) is 0 Å². The number of hydrogen-bond donors (Lipinski definition) is 1. The Kier molecular flexibility index (Phi) is 4.54. The summed E-state index contributed by atoms with van der Waals surface area (Å²) in [5, 5.41) is 2.80. The predicted molar refractivity (Wildman–Crippen MR) is 110 cm³/mol. The van der Waals surface area contributed by atoms with Gasteiger partial charge in [0.25, 0.3) is 0 Å². The Morgan fingerprint density at radius 1 is 1.12 bits per heavy atom. The average Bonchev–Trinajstić information content (AvgIpc) is 3.40. The zero-order valence-corrected chi connectivity index (χ0v) is 17.2. The van der Waals surface area contributed by atoms with Gasteiger partial charge in [0.1, 0.15) is 11.6 Å². The molecule has 1 saturated carbocycles. The molecule has 0 atom stereocenters. The summed E-state index contributed by atoms with van der Waals surface area (Å²) in [5.41, 5.74) is 1.16. The highest BCUT2D eigenvalue weighted by Crippen LogP contribution is 2.49. The molecule has 2 nitrogen and oxygen atoms in total. The van der Waals surface area contributed by atoms with E-state index in [0.717, 1.165) is 22.5 Å². The van der Waals surface area contributed by atoms with E-state index < -0.39 is 17.5 Å². The lowest BCUT2D eigenvalue weighted by atomic mass is 9.97. The maximum atomic E-state index is 14.7. The lowest BCUT2D eigenvalue weighted by molar-refractivity contribution is 0.582. The normalized spacial score (nSPS) is 16.4. The molecule has 0 unspecified atom stereocenters. The van der Waals surface area contributed by atoms with Gasteiger partial charge in [0.05, 0.1) is 17.1 Å². The maximum absolute atomic E-state index is 14.7. The monoisotopic (exact) mass is 532 g/mol. The summed E-state index contributed by atoms with van der Waals surface area (Å²) in [6.07, 6.45) is 3.65. The first kappa shape index (κ1) is 17.9. The van der Waals surface area contributed by atoms with Crippen LogP contribution in [0.2, 0.25) is 0 Å². The number of fused-ring (bicyclic) bond motifs is 1. The molecule has 2 aliphatic rings. The van der Waals surface area contributed by atoms with Crippen LogP contribution in [-0.2, 0) is 0 Å². The fraction of sp³-hybridized carbons (Fsp3) is 0.158. The molecule has 26 heavy (non-hydrogen) atoms. The second kappa shape index (κ2) is 6.60. The SMILES string of the molecule is C=C1C(Br)=CN(C2CC2)c2c(F)cc(F)c(Nc3ccc(I)cc3F)c21. The summed E-state index contributed by atoms with van der Waals surface area (Å²) in [4.78, 5) is 1.80. The average molecular weight is 533 g/mol. The minimum atomic E-state index is -0.793. The molecule has 1 heterocycles. The van der Waals surface area contributed by atoms with Gasteiger partial charge >= 0.3 is 0 Å². The summed E-state index contributed by atoms with van der Waals surface area (Å²) in [7, 11) is 0. The van der Waals surface area contributed by atoms with Crippen LogP contribution >= 0.6 is 38.5 Å². The number of anilines is 3. The van der Waals surface area contributed by atoms with E-state index in [1.165, 1.54) is 12.1 Å². The van der Waals surface area contributed by atoms with Gasteiger partial charge in [-0.3, -0.25) is 0 Å². The second-order valence-corrected chi connectivity index (χ2v) is 8.38. The molecule has 0 radical (unpaired) electrons. The molecule has 1 fully saturated rings. The van der Waals surface area contributed by atoms with Gasteiger partial charge in [-0.2, -0.15) is 0 Å². The van der Waals surface area contributed by atoms with E-state index in [0.29, 0.717) is 15.6 Å². The van der Waals surface area contributed by atoms with Crippen LogP contribution in [0.1, 0.15) is 18.4 Å². The van der Waals surface area contributed by atoms with Crippen LogP contribution in [0.15, 0.2) is 41.5 Å². The van der Waals surface area contributed by atoms with Gasteiger partial charge in [0, 0.05) is 31.9 Å². The van der Waals surface area contributed by atoms with E-state index in [2.05, 4.69) is 27.8 Å². The van der Waals surface area contributed by atoms with Gasteiger partial charge in [-0.25, -0.2) is 13.2 Å². The van der Waals surface area contributed by atoms with E-state index in [-0.39, 0.29) is 23.1 Å². The van der Waals surface area contributed by atoms with Gasteiger partial charge in [-0.1, -0.05) is 6.58 Å². The second-order valence-electron chi connectivity index (χ2n) is 6.28. The highest BCUT2D eigenvalue weighted by atomic mass is 127. The summed E-state index contributed by atoms with van der Waals surface area (Å²) in [5.74, 6) is -1.96. The van der Waals surface area contributed by atoms with Crippen molar-refractivity contribution in [3.8, 4) is 0 Å². The summed E-state index contributed by atoms with van der Waals surface area (Å²) < 4.78 is 44.9. The largest absolute Gasteiger partial charge is 0.350 e. The number of allylic oxidation sites excluding steroid dienone is 2. The molecular formula is C19H13BrF3IN2. The Morgan fingerprint density at radius 2 is 1.85 bits per heavy atom. The van der Waals surface area contributed by atoms with Crippen molar-refractivity contribution in [2.75, 3.05) is 10.2 Å². The molecule has 2 aromatic rings. The Labute approximate surface area is 171 Å². The van der Waals surface area contributed by atoms with Gasteiger partial charge in [-0.05, 0) is 75.1 Å². The highest BCUT2D eigenvalue weighted by molar-refractivity contribution is 14.1. The highest BCUT2D eigenvalue weighted by Gasteiger charge is 2.36. The molecule has 1 aliphatic carbocycles. The lowest BCUT2D eigenvalue weighted by Gasteiger charge is -2.31. The number of nitrogens with zero attached hydrogens (tertiary/aromatic N) is 1. The Hall–Kier alpha value is -1.48. The number of rotatable bonds is 3. The van der Waals surface area contributed by atoms with E-state index in [1.54, 1.807) is 17.2 Å². The van der Waals surface area contributed by atoms with Crippen LogP contribution in [0.25, 0.3) is 5.57 Å².